The minimum atomic E-state index is 0.569. The van der Waals surface area contributed by atoms with Gasteiger partial charge in [-0.15, -0.1) is 0 Å². The van der Waals surface area contributed by atoms with Crippen LogP contribution >= 0.6 is 15.9 Å². The Balaban J connectivity index is 1.91. The number of pyridine rings is 1. The van der Waals surface area contributed by atoms with Gasteiger partial charge in [0, 0.05) is 27.6 Å². The van der Waals surface area contributed by atoms with Gasteiger partial charge in [-0.1, -0.05) is 46.3 Å². The van der Waals surface area contributed by atoms with Crippen LogP contribution in [-0.4, -0.2) is 4.98 Å². The lowest BCUT2D eigenvalue weighted by Gasteiger charge is -2.10. The van der Waals surface area contributed by atoms with Crippen LogP contribution in [0.5, 0.6) is 5.75 Å². The predicted octanol–water partition coefficient (Wildman–Crippen LogP) is 4.58. The first-order valence-corrected chi connectivity index (χ1v) is 6.83. The SMILES string of the molecule is Brc1ccc(OCc2ccccc2)c2ccncc12. The molecule has 3 aromatic rings. The van der Waals surface area contributed by atoms with Crippen LogP contribution in [0.15, 0.2) is 65.4 Å². The summed E-state index contributed by atoms with van der Waals surface area (Å²) in [5.74, 6) is 0.879. The predicted molar refractivity (Wildman–Crippen MR) is 80.2 cm³/mol. The Hall–Kier alpha value is -1.87. The molecular formula is C16H12BrNO. The summed E-state index contributed by atoms with van der Waals surface area (Å²) in [6.07, 6.45) is 3.62. The summed E-state index contributed by atoms with van der Waals surface area (Å²) in [7, 11) is 0. The molecule has 0 spiro atoms. The summed E-state index contributed by atoms with van der Waals surface area (Å²) in [5, 5.41) is 2.13. The molecule has 0 radical (unpaired) electrons. The number of benzene rings is 2. The molecule has 94 valence electrons. The van der Waals surface area contributed by atoms with Crippen LogP contribution in [0.2, 0.25) is 0 Å². The van der Waals surface area contributed by atoms with Gasteiger partial charge in [-0.2, -0.15) is 0 Å². The van der Waals surface area contributed by atoms with E-state index in [1.807, 2.05) is 42.6 Å². The summed E-state index contributed by atoms with van der Waals surface area (Å²) in [6.45, 7) is 0.569. The normalized spacial score (nSPS) is 10.6. The summed E-state index contributed by atoms with van der Waals surface area (Å²) < 4.78 is 6.94. The molecule has 3 heteroatoms. The number of hydrogen-bond acceptors (Lipinski definition) is 2. The largest absolute Gasteiger partial charge is 0.488 e. The second-order valence-corrected chi connectivity index (χ2v) is 5.10. The first-order chi connectivity index (χ1) is 9.34. The zero-order valence-corrected chi connectivity index (χ0v) is 11.8. The maximum Gasteiger partial charge on any atom is 0.127 e. The molecule has 0 unspecified atom stereocenters. The van der Waals surface area contributed by atoms with Gasteiger partial charge in [0.15, 0.2) is 0 Å². The van der Waals surface area contributed by atoms with E-state index in [4.69, 9.17) is 4.74 Å². The lowest BCUT2D eigenvalue weighted by Crippen LogP contribution is -1.95. The fourth-order valence-electron chi connectivity index (χ4n) is 1.99. The molecule has 3 rings (SSSR count). The standard InChI is InChI=1S/C16H12BrNO/c17-15-6-7-16(13-8-9-18-10-14(13)15)19-11-12-4-2-1-3-5-12/h1-10H,11H2. The van der Waals surface area contributed by atoms with E-state index in [1.165, 1.54) is 0 Å². The molecule has 0 saturated carbocycles. The van der Waals surface area contributed by atoms with E-state index in [0.29, 0.717) is 6.61 Å². The molecule has 0 fully saturated rings. The third kappa shape index (κ3) is 2.61. The van der Waals surface area contributed by atoms with Crippen molar-refractivity contribution in [2.24, 2.45) is 0 Å². The van der Waals surface area contributed by atoms with Gasteiger partial charge in [0.25, 0.3) is 0 Å². The zero-order chi connectivity index (χ0) is 13.1. The number of hydrogen-bond donors (Lipinski definition) is 0. The molecule has 19 heavy (non-hydrogen) atoms. The topological polar surface area (TPSA) is 22.1 Å². The van der Waals surface area contributed by atoms with Crippen molar-refractivity contribution in [1.29, 1.82) is 0 Å². The smallest absolute Gasteiger partial charge is 0.127 e. The lowest BCUT2D eigenvalue weighted by molar-refractivity contribution is 0.310. The number of rotatable bonds is 3. The van der Waals surface area contributed by atoms with Crippen LogP contribution in [0.4, 0.5) is 0 Å². The highest BCUT2D eigenvalue weighted by Crippen LogP contribution is 2.31. The highest BCUT2D eigenvalue weighted by atomic mass is 79.9. The number of fused-ring (bicyclic) bond motifs is 1. The van der Waals surface area contributed by atoms with Crippen molar-refractivity contribution in [3.8, 4) is 5.75 Å². The molecule has 0 aliphatic carbocycles. The van der Waals surface area contributed by atoms with Crippen LogP contribution in [0.3, 0.4) is 0 Å². The van der Waals surface area contributed by atoms with Gasteiger partial charge in [-0.25, -0.2) is 0 Å². The minimum Gasteiger partial charge on any atom is -0.488 e. The first-order valence-electron chi connectivity index (χ1n) is 6.03. The molecule has 0 bridgehead atoms. The van der Waals surface area contributed by atoms with E-state index in [0.717, 1.165) is 26.6 Å². The van der Waals surface area contributed by atoms with E-state index in [1.54, 1.807) is 6.20 Å². The molecule has 1 aromatic heterocycles. The van der Waals surface area contributed by atoms with E-state index in [-0.39, 0.29) is 0 Å². The van der Waals surface area contributed by atoms with Crippen molar-refractivity contribution in [3.05, 3.63) is 71.0 Å². The van der Waals surface area contributed by atoms with Gasteiger partial charge in [0.1, 0.15) is 12.4 Å². The van der Waals surface area contributed by atoms with Gasteiger partial charge in [0.05, 0.1) is 0 Å². The molecule has 1 heterocycles. The van der Waals surface area contributed by atoms with Gasteiger partial charge in [0.2, 0.25) is 0 Å². The molecule has 2 aromatic carbocycles. The Morgan fingerprint density at radius 3 is 2.63 bits per heavy atom. The Kier molecular flexibility index (Phi) is 3.47. The molecule has 0 aliphatic rings. The number of nitrogens with zero attached hydrogens (tertiary/aromatic N) is 1. The maximum atomic E-state index is 5.91. The van der Waals surface area contributed by atoms with Crippen LogP contribution in [0.25, 0.3) is 10.8 Å². The second-order valence-electron chi connectivity index (χ2n) is 4.24. The highest BCUT2D eigenvalue weighted by Gasteiger charge is 2.05. The van der Waals surface area contributed by atoms with Gasteiger partial charge in [-0.05, 0) is 23.8 Å². The van der Waals surface area contributed by atoms with Gasteiger partial charge < -0.3 is 4.74 Å². The minimum absolute atomic E-state index is 0.569. The van der Waals surface area contributed by atoms with Gasteiger partial charge >= 0.3 is 0 Å². The van der Waals surface area contributed by atoms with E-state index in [9.17, 15) is 0 Å². The van der Waals surface area contributed by atoms with Crippen molar-refractivity contribution in [3.63, 3.8) is 0 Å². The van der Waals surface area contributed by atoms with E-state index >= 15 is 0 Å². The monoisotopic (exact) mass is 313 g/mol. The Morgan fingerprint density at radius 1 is 0.947 bits per heavy atom. The average molecular weight is 314 g/mol. The molecule has 0 saturated heterocycles. The molecule has 0 N–H and O–H groups in total. The molecule has 2 nitrogen and oxygen atoms in total. The van der Waals surface area contributed by atoms with Gasteiger partial charge in [-0.3, -0.25) is 4.98 Å². The van der Waals surface area contributed by atoms with Crippen LogP contribution in [0, 0.1) is 0 Å². The summed E-state index contributed by atoms with van der Waals surface area (Å²) in [4.78, 5) is 4.15. The number of halogens is 1. The third-order valence-electron chi connectivity index (χ3n) is 2.96. The first kappa shape index (κ1) is 12.2. The fourth-order valence-corrected chi connectivity index (χ4v) is 2.44. The molecular weight excluding hydrogens is 302 g/mol. The van der Waals surface area contributed by atoms with Crippen LogP contribution < -0.4 is 4.74 Å². The van der Waals surface area contributed by atoms with Crippen LogP contribution in [0.1, 0.15) is 5.56 Å². The Morgan fingerprint density at radius 2 is 1.79 bits per heavy atom. The third-order valence-corrected chi connectivity index (χ3v) is 3.65. The Bertz CT molecular complexity index is 697. The average Bonchev–Trinajstić information content (AvgIpc) is 2.48. The quantitative estimate of drug-likeness (QED) is 0.706. The Labute approximate surface area is 120 Å². The van der Waals surface area contributed by atoms with Crippen molar-refractivity contribution < 1.29 is 4.74 Å². The highest BCUT2D eigenvalue weighted by molar-refractivity contribution is 9.10. The lowest BCUT2D eigenvalue weighted by atomic mass is 10.1. The summed E-state index contributed by atoms with van der Waals surface area (Å²) in [5.41, 5.74) is 1.16. The number of ether oxygens (including phenoxy) is 1. The fraction of sp³-hybridized carbons (Fsp3) is 0.0625. The molecule has 0 aliphatic heterocycles. The summed E-state index contributed by atoms with van der Waals surface area (Å²) in [6, 6.07) is 16.1. The van der Waals surface area contributed by atoms with Crippen molar-refractivity contribution in [2.75, 3.05) is 0 Å². The van der Waals surface area contributed by atoms with Crippen LogP contribution in [-0.2, 0) is 6.61 Å². The summed E-state index contributed by atoms with van der Waals surface area (Å²) >= 11 is 3.53. The molecule has 0 atom stereocenters. The van der Waals surface area contributed by atoms with Crippen molar-refractivity contribution >= 4 is 26.7 Å². The number of aromatic nitrogens is 1. The maximum absolute atomic E-state index is 5.91. The molecule has 0 amide bonds. The van der Waals surface area contributed by atoms with Crippen molar-refractivity contribution in [1.82, 2.24) is 4.98 Å². The second kappa shape index (κ2) is 5.41. The van der Waals surface area contributed by atoms with Crippen molar-refractivity contribution in [2.45, 2.75) is 6.61 Å². The van der Waals surface area contributed by atoms with E-state index in [2.05, 4.69) is 33.0 Å². The van der Waals surface area contributed by atoms with E-state index < -0.39 is 0 Å². The zero-order valence-electron chi connectivity index (χ0n) is 10.2.